The summed E-state index contributed by atoms with van der Waals surface area (Å²) in [6.07, 6.45) is 2.22. The van der Waals surface area contributed by atoms with Gasteiger partial charge in [-0.25, -0.2) is 0 Å². The summed E-state index contributed by atoms with van der Waals surface area (Å²) >= 11 is 0. The molecule has 0 saturated heterocycles. The van der Waals surface area contributed by atoms with E-state index < -0.39 is 0 Å². The van der Waals surface area contributed by atoms with E-state index in [1.54, 1.807) is 0 Å². The molecule has 0 aromatic carbocycles. The fraction of sp³-hybridized carbons (Fsp3) is 0.857. The third kappa shape index (κ3) is 5.56. The monoisotopic (exact) mass is 143 g/mol. The number of nitrogens with zero attached hydrogens (tertiary/aromatic N) is 1. The molecule has 10 heavy (non-hydrogen) atoms. The first-order valence-electron chi connectivity index (χ1n) is 3.77. The first-order chi connectivity index (χ1) is 4.81. The van der Waals surface area contributed by atoms with Crippen LogP contribution in [0.4, 0.5) is 0 Å². The lowest BCUT2D eigenvalue weighted by Crippen LogP contribution is -2.18. The predicted molar refractivity (Wildman–Crippen MR) is 45.1 cm³/mol. The molecule has 0 aliphatic rings. The van der Waals surface area contributed by atoms with Gasteiger partial charge in [0.05, 0.1) is 0 Å². The molecule has 0 aliphatic heterocycles. The second kappa shape index (κ2) is 6.55. The lowest BCUT2D eigenvalue weighted by atomic mass is 10.2. The Hall–Kier alpha value is -0.570. The average Bonchev–Trinajstić information content (AvgIpc) is 1.89. The van der Waals surface area contributed by atoms with E-state index in [9.17, 15) is 0 Å². The molecule has 0 heterocycles. The molecule has 0 radical (unpaired) electrons. The van der Waals surface area contributed by atoms with Crippen LogP contribution in [-0.4, -0.2) is 18.8 Å². The van der Waals surface area contributed by atoms with Crippen molar-refractivity contribution < 1.29 is 0 Å². The molecule has 0 atom stereocenters. The number of hydrazone groups is 1. The van der Waals surface area contributed by atoms with Gasteiger partial charge in [0.2, 0.25) is 0 Å². The Bertz CT molecular complexity index is 99.0. The second-order valence-corrected chi connectivity index (χ2v) is 2.29. The maximum absolute atomic E-state index is 5.26. The van der Waals surface area contributed by atoms with Gasteiger partial charge in [-0.1, -0.05) is 13.3 Å². The van der Waals surface area contributed by atoms with E-state index in [-0.39, 0.29) is 0 Å². The van der Waals surface area contributed by atoms with Gasteiger partial charge in [-0.15, -0.1) is 0 Å². The van der Waals surface area contributed by atoms with Crippen LogP contribution in [-0.2, 0) is 0 Å². The Balaban J connectivity index is 3.28. The highest BCUT2D eigenvalue weighted by Crippen LogP contribution is 1.88. The van der Waals surface area contributed by atoms with Gasteiger partial charge < -0.3 is 11.2 Å². The van der Waals surface area contributed by atoms with Crippen LogP contribution in [0.3, 0.4) is 0 Å². The summed E-state index contributed by atoms with van der Waals surface area (Å²) in [6.45, 7) is 5.57. The van der Waals surface area contributed by atoms with Crippen LogP contribution >= 0.6 is 0 Å². The summed E-state index contributed by atoms with van der Waals surface area (Å²) in [5.41, 5.74) is 9.29. The van der Waals surface area contributed by atoms with Crippen LogP contribution in [0.15, 0.2) is 5.10 Å². The predicted octanol–water partition coefficient (Wildman–Crippen LogP) is 0.711. The molecule has 3 nitrogen and oxygen atoms in total. The number of hydrogen-bond donors (Lipinski definition) is 2. The van der Waals surface area contributed by atoms with E-state index in [0.717, 1.165) is 25.1 Å². The molecule has 0 rings (SSSR count). The Kier molecular flexibility index (Phi) is 6.18. The maximum Gasteiger partial charge on any atom is 0.0452 e. The SMILES string of the molecule is CCC/C(C)=N\NCCN. The summed E-state index contributed by atoms with van der Waals surface area (Å²) < 4.78 is 0. The number of hydrogen-bond acceptors (Lipinski definition) is 3. The third-order valence-corrected chi connectivity index (χ3v) is 1.14. The molecule has 0 aromatic rings. The van der Waals surface area contributed by atoms with Crippen molar-refractivity contribution in [2.75, 3.05) is 13.1 Å². The zero-order chi connectivity index (χ0) is 7.82. The van der Waals surface area contributed by atoms with Gasteiger partial charge >= 0.3 is 0 Å². The molecule has 0 saturated carbocycles. The summed E-state index contributed by atoms with van der Waals surface area (Å²) in [6, 6.07) is 0. The first kappa shape index (κ1) is 9.43. The van der Waals surface area contributed by atoms with Gasteiger partial charge in [0.15, 0.2) is 0 Å². The van der Waals surface area contributed by atoms with Crippen molar-refractivity contribution in [3.63, 3.8) is 0 Å². The lowest BCUT2D eigenvalue weighted by Gasteiger charge is -1.98. The standard InChI is InChI=1S/C7H17N3/c1-3-4-7(2)10-9-6-5-8/h9H,3-6,8H2,1-2H3/b10-7-. The average molecular weight is 143 g/mol. The Morgan fingerprint density at radius 1 is 1.60 bits per heavy atom. The molecule has 0 unspecified atom stereocenters. The normalized spacial score (nSPS) is 11.7. The van der Waals surface area contributed by atoms with Crippen LogP contribution in [0, 0.1) is 0 Å². The summed E-state index contributed by atoms with van der Waals surface area (Å²) in [5, 5.41) is 4.09. The van der Waals surface area contributed by atoms with Gasteiger partial charge in [0.1, 0.15) is 0 Å². The Labute approximate surface area is 62.7 Å². The molecule has 0 aliphatic carbocycles. The molecule has 0 spiro atoms. The van der Waals surface area contributed by atoms with E-state index in [1.165, 1.54) is 0 Å². The number of nitrogens with one attached hydrogen (secondary N) is 1. The lowest BCUT2D eigenvalue weighted by molar-refractivity contribution is 0.734. The van der Waals surface area contributed by atoms with Gasteiger partial charge in [-0.2, -0.15) is 5.10 Å². The van der Waals surface area contributed by atoms with Crippen molar-refractivity contribution in [1.29, 1.82) is 0 Å². The maximum atomic E-state index is 5.26. The van der Waals surface area contributed by atoms with Gasteiger partial charge in [-0.05, 0) is 13.3 Å². The third-order valence-electron chi connectivity index (χ3n) is 1.14. The van der Waals surface area contributed by atoms with Crippen molar-refractivity contribution >= 4 is 5.71 Å². The fourth-order valence-electron chi connectivity index (χ4n) is 0.673. The minimum absolute atomic E-state index is 0.642. The van der Waals surface area contributed by atoms with E-state index in [0.29, 0.717) is 6.54 Å². The van der Waals surface area contributed by atoms with Crippen molar-refractivity contribution in [1.82, 2.24) is 5.43 Å². The van der Waals surface area contributed by atoms with E-state index in [2.05, 4.69) is 17.5 Å². The molecule has 0 bridgehead atoms. The molecule has 60 valence electrons. The molecular formula is C7H17N3. The van der Waals surface area contributed by atoms with E-state index >= 15 is 0 Å². The fourth-order valence-corrected chi connectivity index (χ4v) is 0.673. The van der Waals surface area contributed by atoms with Crippen LogP contribution in [0.25, 0.3) is 0 Å². The van der Waals surface area contributed by atoms with Crippen molar-refractivity contribution in [3.8, 4) is 0 Å². The van der Waals surface area contributed by atoms with E-state index in [1.807, 2.05) is 6.92 Å². The minimum atomic E-state index is 0.642. The number of nitrogens with two attached hydrogens (primary N) is 1. The zero-order valence-corrected chi connectivity index (χ0v) is 6.85. The van der Waals surface area contributed by atoms with Gasteiger partial charge in [0, 0.05) is 18.8 Å². The van der Waals surface area contributed by atoms with Crippen LogP contribution in [0.2, 0.25) is 0 Å². The van der Waals surface area contributed by atoms with E-state index in [4.69, 9.17) is 5.73 Å². The van der Waals surface area contributed by atoms with Crippen LogP contribution in [0.5, 0.6) is 0 Å². The molecule has 0 fully saturated rings. The van der Waals surface area contributed by atoms with Crippen molar-refractivity contribution in [2.45, 2.75) is 26.7 Å². The van der Waals surface area contributed by atoms with Crippen molar-refractivity contribution in [3.05, 3.63) is 0 Å². The minimum Gasteiger partial charge on any atom is -0.329 e. The molecule has 0 aromatic heterocycles. The van der Waals surface area contributed by atoms with Crippen LogP contribution in [0.1, 0.15) is 26.7 Å². The summed E-state index contributed by atoms with van der Waals surface area (Å²) in [7, 11) is 0. The number of rotatable bonds is 5. The van der Waals surface area contributed by atoms with Crippen LogP contribution < -0.4 is 11.2 Å². The van der Waals surface area contributed by atoms with Crippen molar-refractivity contribution in [2.24, 2.45) is 10.8 Å². The molecule has 3 heteroatoms. The highest BCUT2D eigenvalue weighted by molar-refractivity contribution is 5.81. The summed E-state index contributed by atoms with van der Waals surface area (Å²) in [5.74, 6) is 0. The second-order valence-electron chi connectivity index (χ2n) is 2.29. The largest absolute Gasteiger partial charge is 0.329 e. The molecular weight excluding hydrogens is 126 g/mol. The Morgan fingerprint density at radius 2 is 2.30 bits per heavy atom. The highest BCUT2D eigenvalue weighted by Gasteiger charge is 1.86. The molecule has 3 N–H and O–H groups in total. The first-order valence-corrected chi connectivity index (χ1v) is 3.77. The topological polar surface area (TPSA) is 50.4 Å². The molecule has 0 amide bonds. The van der Waals surface area contributed by atoms with Gasteiger partial charge in [0.25, 0.3) is 0 Å². The zero-order valence-electron chi connectivity index (χ0n) is 6.85. The quantitative estimate of drug-likeness (QED) is 0.338. The smallest absolute Gasteiger partial charge is 0.0452 e. The summed E-state index contributed by atoms with van der Waals surface area (Å²) in [4.78, 5) is 0. The Morgan fingerprint density at radius 3 is 2.80 bits per heavy atom. The highest BCUT2D eigenvalue weighted by atomic mass is 15.3. The van der Waals surface area contributed by atoms with Gasteiger partial charge in [-0.3, -0.25) is 0 Å².